The lowest BCUT2D eigenvalue weighted by atomic mass is 10.0. The number of aromatic nitrogens is 2. The minimum Gasteiger partial charge on any atom is -0.478 e. The molecule has 0 bridgehead atoms. The number of nitrogens with zero attached hydrogens (tertiary/aromatic N) is 2. The molecule has 0 unspecified atom stereocenters. The topological polar surface area (TPSA) is 90.5 Å². The molecule has 0 saturated carbocycles. The number of imidazole rings is 1. The van der Waals surface area contributed by atoms with Crippen LogP contribution in [0.25, 0.3) is 21.8 Å². The molecule has 7 heteroatoms. The molecule has 1 aromatic heterocycles. The van der Waals surface area contributed by atoms with Gasteiger partial charge in [0.1, 0.15) is 0 Å². The van der Waals surface area contributed by atoms with Gasteiger partial charge in [0.15, 0.2) is 0 Å². The number of rotatable bonds is 7. The van der Waals surface area contributed by atoms with E-state index in [9.17, 15) is 19.5 Å². The molecule has 0 aliphatic heterocycles. The number of hydrogen-bond donors (Lipinski definition) is 1. The molecule has 0 aliphatic carbocycles. The van der Waals surface area contributed by atoms with Gasteiger partial charge in [-0.1, -0.05) is 42.5 Å². The fourth-order valence-electron chi connectivity index (χ4n) is 3.86. The highest BCUT2D eigenvalue weighted by molar-refractivity contribution is 5.92. The summed E-state index contributed by atoms with van der Waals surface area (Å²) in [5, 5.41) is 11.5. The largest absolute Gasteiger partial charge is 0.478 e. The number of esters is 1. The van der Waals surface area contributed by atoms with Crippen LogP contribution in [0.4, 0.5) is 0 Å². The van der Waals surface area contributed by atoms with Crippen molar-refractivity contribution in [3.63, 3.8) is 0 Å². The van der Waals surface area contributed by atoms with Gasteiger partial charge in [-0.15, -0.1) is 0 Å². The average molecular weight is 418 g/mol. The molecule has 158 valence electrons. The zero-order chi connectivity index (χ0) is 22.0. The standard InChI is InChI=1S/C24H22N2O5/c1-2-31-22(27)12-13-25-21-14-17(23(28)29)10-11-20(21)26(24(25)30)15-18-8-5-7-16-6-3-4-9-19(16)18/h3-11,14H,2,12-13,15H2,1H3,(H,28,29). The van der Waals surface area contributed by atoms with Crippen LogP contribution >= 0.6 is 0 Å². The lowest BCUT2D eigenvalue weighted by Gasteiger charge is -2.08. The molecular weight excluding hydrogens is 396 g/mol. The maximum absolute atomic E-state index is 13.3. The van der Waals surface area contributed by atoms with Crippen molar-refractivity contribution in [1.82, 2.24) is 9.13 Å². The average Bonchev–Trinajstić information content (AvgIpc) is 3.03. The minimum atomic E-state index is -1.08. The first-order chi connectivity index (χ1) is 15.0. The molecule has 1 N–H and O–H groups in total. The summed E-state index contributed by atoms with van der Waals surface area (Å²) in [6, 6.07) is 18.5. The van der Waals surface area contributed by atoms with Gasteiger partial charge in [-0.3, -0.25) is 13.9 Å². The maximum atomic E-state index is 13.3. The van der Waals surface area contributed by atoms with Crippen LogP contribution in [0.5, 0.6) is 0 Å². The van der Waals surface area contributed by atoms with Gasteiger partial charge in [0, 0.05) is 6.54 Å². The molecule has 0 spiro atoms. The van der Waals surface area contributed by atoms with Crippen LogP contribution in [0.3, 0.4) is 0 Å². The van der Waals surface area contributed by atoms with Crippen molar-refractivity contribution in [2.24, 2.45) is 0 Å². The minimum absolute atomic E-state index is 0.0262. The number of carbonyl (C=O) groups is 2. The van der Waals surface area contributed by atoms with Crippen molar-refractivity contribution in [2.45, 2.75) is 26.4 Å². The molecule has 1 heterocycles. The van der Waals surface area contributed by atoms with Gasteiger partial charge in [0.25, 0.3) is 0 Å². The van der Waals surface area contributed by atoms with Crippen molar-refractivity contribution in [1.29, 1.82) is 0 Å². The second kappa shape index (κ2) is 8.47. The summed E-state index contributed by atoms with van der Waals surface area (Å²) in [7, 11) is 0. The number of aromatic carboxylic acids is 1. The van der Waals surface area contributed by atoms with E-state index in [0.717, 1.165) is 16.3 Å². The van der Waals surface area contributed by atoms with E-state index < -0.39 is 11.9 Å². The molecule has 31 heavy (non-hydrogen) atoms. The first-order valence-electron chi connectivity index (χ1n) is 10.1. The number of benzene rings is 3. The van der Waals surface area contributed by atoms with Gasteiger partial charge in [0.2, 0.25) is 0 Å². The number of hydrogen-bond acceptors (Lipinski definition) is 4. The third-order valence-corrected chi connectivity index (χ3v) is 5.32. The lowest BCUT2D eigenvalue weighted by molar-refractivity contribution is -0.143. The molecule has 0 fully saturated rings. The number of carboxylic acid groups (broad SMARTS) is 1. The van der Waals surface area contributed by atoms with Gasteiger partial charge in [-0.25, -0.2) is 9.59 Å². The zero-order valence-corrected chi connectivity index (χ0v) is 17.1. The second-order valence-corrected chi connectivity index (χ2v) is 7.22. The van der Waals surface area contributed by atoms with Crippen LogP contribution in [0.2, 0.25) is 0 Å². The molecular formula is C24H22N2O5. The van der Waals surface area contributed by atoms with Gasteiger partial charge < -0.3 is 9.84 Å². The summed E-state index contributed by atoms with van der Waals surface area (Å²) in [4.78, 5) is 36.6. The van der Waals surface area contributed by atoms with Crippen LogP contribution in [0.15, 0.2) is 65.5 Å². The fraction of sp³-hybridized carbons (Fsp3) is 0.208. The van der Waals surface area contributed by atoms with Crippen molar-refractivity contribution >= 4 is 33.7 Å². The van der Waals surface area contributed by atoms with Crippen LogP contribution in [0, 0.1) is 0 Å². The molecule has 4 rings (SSSR count). The monoisotopic (exact) mass is 418 g/mol. The molecule has 0 saturated heterocycles. The Labute approximate surface area is 178 Å². The van der Waals surface area contributed by atoms with Gasteiger partial charge in [0.05, 0.1) is 36.2 Å². The molecule has 4 aromatic rings. The Morgan fingerprint density at radius 1 is 0.968 bits per heavy atom. The summed E-state index contributed by atoms with van der Waals surface area (Å²) in [5.41, 5.74) is 1.86. The van der Waals surface area contributed by atoms with Crippen LogP contribution < -0.4 is 5.69 Å². The lowest BCUT2D eigenvalue weighted by Crippen LogP contribution is -2.26. The highest BCUT2D eigenvalue weighted by Gasteiger charge is 2.17. The maximum Gasteiger partial charge on any atom is 0.335 e. The quantitative estimate of drug-likeness (QED) is 0.463. The predicted molar refractivity (Wildman–Crippen MR) is 117 cm³/mol. The Morgan fingerprint density at radius 2 is 1.74 bits per heavy atom. The van der Waals surface area contributed by atoms with E-state index in [2.05, 4.69) is 0 Å². The number of fused-ring (bicyclic) bond motifs is 2. The van der Waals surface area contributed by atoms with E-state index in [1.165, 1.54) is 16.7 Å². The van der Waals surface area contributed by atoms with Crippen LogP contribution in [0.1, 0.15) is 29.3 Å². The summed E-state index contributed by atoms with van der Waals surface area (Å²) < 4.78 is 8.04. The number of ether oxygens (including phenoxy) is 1. The highest BCUT2D eigenvalue weighted by Crippen LogP contribution is 2.22. The van der Waals surface area contributed by atoms with E-state index in [4.69, 9.17) is 4.74 Å². The van der Waals surface area contributed by atoms with Crippen molar-refractivity contribution < 1.29 is 19.4 Å². The molecule has 0 aliphatic rings. The second-order valence-electron chi connectivity index (χ2n) is 7.22. The Kier molecular flexibility index (Phi) is 5.58. The van der Waals surface area contributed by atoms with Crippen molar-refractivity contribution in [3.05, 3.63) is 82.3 Å². The first-order valence-corrected chi connectivity index (χ1v) is 10.1. The Balaban J connectivity index is 1.83. The van der Waals surface area contributed by atoms with E-state index in [1.54, 1.807) is 17.6 Å². The van der Waals surface area contributed by atoms with Gasteiger partial charge >= 0.3 is 17.6 Å². The molecule has 0 amide bonds. The number of aryl methyl sites for hydroxylation is 1. The van der Waals surface area contributed by atoms with Crippen LogP contribution in [-0.4, -0.2) is 32.8 Å². The molecule has 0 radical (unpaired) electrons. The Bertz CT molecular complexity index is 1340. The van der Waals surface area contributed by atoms with E-state index >= 15 is 0 Å². The van der Waals surface area contributed by atoms with Crippen LogP contribution in [-0.2, 0) is 22.6 Å². The summed E-state index contributed by atoms with van der Waals surface area (Å²) in [6.45, 7) is 2.42. The molecule has 0 atom stereocenters. The fourth-order valence-corrected chi connectivity index (χ4v) is 3.86. The number of carbonyl (C=O) groups excluding carboxylic acids is 1. The smallest absolute Gasteiger partial charge is 0.335 e. The highest BCUT2D eigenvalue weighted by atomic mass is 16.5. The molecule has 7 nitrogen and oxygen atoms in total. The van der Waals surface area contributed by atoms with E-state index in [-0.39, 0.29) is 30.8 Å². The van der Waals surface area contributed by atoms with E-state index in [0.29, 0.717) is 17.6 Å². The number of carboxylic acids is 1. The third kappa shape index (κ3) is 3.94. The SMILES string of the molecule is CCOC(=O)CCn1c(=O)n(Cc2cccc3ccccc23)c2ccc(C(=O)O)cc21. The third-order valence-electron chi connectivity index (χ3n) is 5.32. The predicted octanol–water partition coefficient (Wildman–Crippen LogP) is 3.66. The van der Waals surface area contributed by atoms with Crippen molar-refractivity contribution in [2.75, 3.05) is 6.61 Å². The summed E-state index contributed by atoms with van der Waals surface area (Å²) in [5.74, 6) is -1.48. The van der Waals surface area contributed by atoms with Gasteiger partial charge in [-0.05, 0) is 41.5 Å². The Hall–Kier alpha value is -3.87. The summed E-state index contributed by atoms with van der Waals surface area (Å²) >= 11 is 0. The summed E-state index contributed by atoms with van der Waals surface area (Å²) in [6.07, 6.45) is 0.0262. The zero-order valence-electron chi connectivity index (χ0n) is 17.1. The van der Waals surface area contributed by atoms with Gasteiger partial charge in [-0.2, -0.15) is 0 Å². The first kappa shape index (κ1) is 20.4. The normalized spacial score (nSPS) is 11.1. The Morgan fingerprint density at radius 3 is 2.52 bits per heavy atom. The van der Waals surface area contributed by atoms with Crippen molar-refractivity contribution in [3.8, 4) is 0 Å². The van der Waals surface area contributed by atoms with E-state index in [1.807, 2.05) is 42.5 Å². The molecule has 3 aromatic carbocycles.